The van der Waals surface area contributed by atoms with Crippen LogP contribution < -0.4 is 5.32 Å². The van der Waals surface area contributed by atoms with E-state index < -0.39 is 5.91 Å². The number of amides is 1. The molecule has 0 aliphatic heterocycles. The fraction of sp³-hybridized carbons (Fsp3) is 0. The summed E-state index contributed by atoms with van der Waals surface area (Å²) in [5, 5.41) is 13.3. The van der Waals surface area contributed by atoms with Gasteiger partial charge in [0.25, 0.3) is 5.91 Å². The van der Waals surface area contributed by atoms with Crippen LogP contribution >= 0.6 is 11.6 Å². The second-order valence-corrected chi connectivity index (χ2v) is 4.23. The van der Waals surface area contributed by atoms with Crippen molar-refractivity contribution >= 4 is 23.2 Å². The van der Waals surface area contributed by atoms with Gasteiger partial charge in [-0.25, -0.2) is 14.6 Å². The number of H-pyrrole nitrogens is 1. The standard InChI is InChI=1S/C11H8ClN7O/c12-7-1-2-9(19-6-13-4-16-19)8(3-7)17-11(20)10-14-5-15-18-10/h1-6H,(H,17,20)(H,14,15,18). The Bertz CT molecular complexity index is 723. The van der Waals surface area contributed by atoms with Gasteiger partial charge in [0.05, 0.1) is 11.4 Å². The Hall–Kier alpha value is -2.74. The molecule has 0 bridgehead atoms. The molecule has 2 N–H and O–H groups in total. The smallest absolute Gasteiger partial charge is 0.293 e. The molecule has 0 saturated heterocycles. The van der Waals surface area contributed by atoms with Crippen LogP contribution in [0.15, 0.2) is 37.2 Å². The lowest BCUT2D eigenvalue weighted by atomic mass is 10.2. The molecule has 8 nitrogen and oxygen atoms in total. The van der Waals surface area contributed by atoms with E-state index in [1.165, 1.54) is 23.7 Å². The summed E-state index contributed by atoms with van der Waals surface area (Å²) < 4.78 is 1.52. The molecule has 0 atom stereocenters. The summed E-state index contributed by atoms with van der Waals surface area (Å²) in [5.74, 6) is -0.319. The van der Waals surface area contributed by atoms with E-state index in [4.69, 9.17) is 11.6 Å². The molecule has 0 fully saturated rings. The van der Waals surface area contributed by atoms with Crippen molar-refractivity contribution in [1.82, 2.24) is 29.9 Å². The third kappa shape index (κ3) is 2.36. The van der Waals surface area contributed by atoms with E-state index in [1.54, 1.807) is 18.2 Å². The fourth-order valence-electron chi connectivity index (χ4n) is 1.64. The van der Waals surface area contributed by atoms with E-state index in [1.807, 2.05) is 0 Å². The Balaban J connectivity index is 1.96. The SMILES string of the molecule is O=C(Nc1cc(Cl)ccc1-n1cncn1)c1ncn[nH]1. The van der Waals surface area contributed by atoms with E-state index in [-0.39, 0.29) is 5.82 Å². The quantitative estimate of drug-likeness (QED) is 0.756. The molecule has 0 aliphatic rings. The number of nitrogens with zero attached hydrogens (tertiary/aromatic N) is 5. The molecule has 9 heteroatoms. The first-order chi connectivity index (χ1) is 9.74. The number of carbonyl (C=O) groups excluding carboxylic acids is 1. The van der Waals surface area contributed by atoms with Crippen LogP contribution in [0, 0.1) is 0 Å². The Labute approximate surface area is 117 Å². The van der Waals surface area contributed by atoms with Crippen LogP contribution in [0.2, 0.25) is 5.02 Å². The molecule has 2 aromatic heterocycles. The summed E-state index contributed by atoms with van der Waals surface area (Å²) in [6.45, 7) is 0. The minimum absolute atomic E-state index is 0.106. The molecule has 1 aromatic carbocycles. The zero-order chi connectivity index (χ0) is 13.9. The molecule has 100 valence electrons. The first kappa shape index (κ1) is 12.3. The molecule has 0 aliphatic carbocycles. The summed E-state index contributed by atoms with van der Waals surface area (Å²) in [5.41, 5.74) is 1.13. The lowest BCUT2D eigenvalue weighted by Crippen LogP contribution is -2.15. The number of rotatable bonds is 3. The lowest BCUT2D eigenvalue weighted by Gasteiger charge is -2.10. The third-order valence-electron chi connectivity index (χ3n) is 2.50. The van der Waals surface area contributed by atoms with E-state index >= 15 is 0 Å². The lowest BCUT2D eigenvalue weighted by molar-refractivity contribution is 0.101. The van der Waals surface area contributed by atoms with Crippen molar-refractivity contribution in [2.75, 3.05) is 5.32 Å². The third-order valence-corrected chi connectivity index (χ3v) is 2.74. The highest BCUT2D eigenvalue weighted by Crippen LogP contribution is 2.24. The van der Waals surface area contributed by atoms with Crippen molar-refractivity contribution in [2.24, 2.45) is 0 Å². The van der Waals surface area contributed by atoms with Crippen molar-refractivity contribution < 1.29 is 4.79 Å². The predicted molar refractivity (Wildman–Crippen MR) is 70.7 cm³/mol. The van der Waals surface area contributed by atoms with E-state index in [0.717, 1.165) is 0 Å². The highest BCUT2D eigenvalue weighted by atomic mass is 35.5. The average Bonchev–Trinajstić information content (AvgIpc) is 3.12. The monoisotopic (exact) mass is 289 g/mol. The fourth-order valence-corrected chi connectivity index (χ4v) is 1.81. The topological polar surface area (TPSA) is 101 Å². The van der Waals surface area contributed by atoms with Gasteiger partial charge < -0.3 is 5.32 Å². The molecule has 20 heavy (non-hydrogen) atoms. The van der Waals surface area contributed by atoms with Crippen LogP contribution in [0.25, 0.3) is 5.69 Å². The Kier molecular flexibility index (Phi) is 3.13. The van der Waals surface area contributed by atoms with Gasteiger partial charge in [0.2, 0.25) is 5.82 Å². The van der Waals surface area contributed by atoms with Gasteiger partial charge in [-0.15, -0.1) is 0 Å². The van der Waals surface area contributed by atoms with Gasteiger partial charge in [-0.3, -0.25) is 9.89 Å². The molecule has 3 aromatic rings. The molecule has 0 radical (unpaired) electrons. The van der Waals surface area contributed by atoms with Crippen LogP contribution in [0.1, 0.15) is 10.6 Å². The van der Waals surface area contributed by atoms with Crippen LogP contribution in [0.4, 0.5) is 5.69 Å². The van der Waals surface area contributed by atoms with Crippen molar-refractivity contribution in [3.8, 4) is 5.69 Å². The number of hydrogen-bond acceptors (Lipinski definition) is 5. The van der Waals surface area contributed by atoms with Crippen molar-refractivity contribution in [2.45, 2.75) is 0 Å². The van der Waals surface area contributed by atoms with Crippen molar-refractivity contribution in [3.63, 3.8) is 0 Å². The predicted octanol–water partition coefficient (Wildman–Crippen LogP) is 1.29. The number of halogens is 1. The Morgan fingerprint density at radius 3 is 2.95 bits per heavy atom. The van der Waals surface area contributed by atoms with Gasteiger partial charge >= 0.3 is 0 Å². The van der Waals surface area contributed by atoms with E-state index in [9.17, 15) is 4.79 Å². The molecule has 2 heterocycles. The highest BCUT2D eigenvalue weighted by Gasteiger charge is 2.13. The normalized spacial score (nSPS) is 10.4. The van der Waals surface area contributed by atoms with E-state index in [0.29, 0.717) is 16.4 Å². The van der Waals surface area contributed by atoms with Crippen LogP contribution in [-0.4, -0.2) is 35.9 Å². The van der Waals surface area contributed by atoms with Gasteiger partial charge in [0.1, 0.15) is 19.0 Å². The highest BCUT2D eigenvalue weighted by molar-refractivity contribution is 6.31. The minimum atomic E-state index is -0.425. The number of aromatic amines is 1. The number of benzene rings is 1. The van der Waals surface area contributed by atoms with Gasteiger partial charge in [-0.2, -0.15) is 10.2 Å². The molecule has 0 unspecified atom stereocenters. The second kappa shape index (κ2) is 5.10. The van der Waals surface area contributed by atoms with Crippen LogP contribution in [-0.2, 0) is 0 Å². The summed E-state index contributed by atoms with van der Waals surface area (Å²) in [4.78, 5) is 19.6. The van der Waals surface area contributed by atoms with Gasteiger partial charge in [-0.05, 0) is 18.2 Å². The van der Waals surface area contributed by atoms with Gasteiger partial charge in [0, 0.05) is 5.02 Å². The molecule has 0 spiro atoms. The maximum Gasteiger partial charge on any atom is 0.293 e. The number of nitrogens with one attached hydrogen (secondary N) is 2. The molecule has 1 amide bonds. The molecular weight excluding hydrogens is 282 g/mol. The Morgan fingerprint density at radius 1 is 1.35 bits per heavy atom. The largest absolute Gasteiger partial charge is 0.317 e. The maximum atomic E-state index is 12.0. The minimum Gasteiger partial charge on any atom is -0.317 e. The Morgan fingerprint density at radius 2 is 2.25 bits per heavy atom. The zero-order valence-corrected chi connectivity index (χ0v) is 10.7. The van der Waals surface area contributed by atoms with Gasteiger partial charge in [0.15, 0.2) is 0 Å². The van der Waals surface area contributed by atoms with Crippen LogP contribution in [0.3, 0.4) is 0 Å². The number of carbonyl (C=O) groups is 1. The molecular formula is C11H8ClN7O. The number of anilines is 1. The molecule has 3 rings (SSSR count). The second-order valence-electron chi connectivity index (χ2n) is 3.79. The van der Waals surface area contributed by atoms with Crippen molar-refractivity contribution in [3.05, 3.63) is 48.0 Å². The number of aromatic nitrogens is 6. The summed E-state index contributed by atoms with van der Waals surface area (Å²) in [6, 6.07) is 5.04. The van der Waals surface area contributed by atoms with Crippen LogP contribution in [0.5, 0.6) is 0 Å². The summed E-state index contributed by atoms with van der Waals surface area (Å²) in [7, 11) is 0. The first-order valence-electron chi connectivity index (χ1n) is 5.55. The summed E-state index contributed by atoms with van der Waals surface area (Å²) >= 11 is 5.95. The van der Waals surface area contributed by atoms with E-state index in [2.05, 4.69) is 30.6 Å². The maximum absolute atomic E-state index is 12.0. The van der Waals surface area contributed by atoms with Gasteiger partial charge in [-0.1, -0.05) is 11.6 Å². The molecule has 0 saturated carbocycles. The summed E-state index contributed by atoms with van der Waals surface area (Å²) in [6.07, 6.45) is 4.18. The van der Waals surface area contributed by atoms with Crippen molar-refractivity contribution in [1.29, 1.82) is 0 Å². The zero-order valence-electron chi connectivity index (χ0n) is 9.99. The average molecular weight is 290 g/mol. The number of hydrogen-bond donors (Lipinski definition) is 2. The first-order valence-corrected chi connectivity index (χ1v) is 5.93.